The Hall–Kier alpha value is -4.60. The first kappa shape index (κ1) is 32.3. The fourth-order valence-electron chi connectivity index (χ4n) is 6.11. The standard InChI is InChI=1S/C37H36ClN3O5S/c1-7-45-36(43)33-22(4)39-37-41(34(33)25-15-16-30(46-21(2)3)31(18-25)44-6)35(42)32(47-37)19-28-23(5)40(29-14-9-8-13-27(28)29)20-24-11-10-12-26(38)17-24/h8-19,21,34H,7,20H2,1-6H3/b32-19+/t34-/m0/s1. The van der Waals surface area contributed by atoms with Crippen LogP contribution in [-0.2, 0) is 16.1 Å². The number of para-hydroxylation sites is 1. The van der Waals surface area contributed by atoms with Gasteiger partial charge in [-0.3, -0.25) is 9.36 Å². The molecule has 0 fully saturated rings. The highest BCUT2D eigenvalue weighted by Gasteiger charge is 2.34. The van der Waals surface area contributed by atoms with Crippen LogP contribution in [-0.4, -0.2) is 34.9 Å². The maximum absolute atomic E-state index is 14.4. The number of rotatable bonds is 9. The first-order valence-corrected chi connectivity index (χ1v) is 16.7. The van der Waals surface area contributed by atoms with Crippen LogP contribution in [0.25, 0.3) is 17.0 Å². The van der Waals surface area contributed by atoms with E-state index in [-0.39, 0.29) is 18.3 Å². The van der Waals surface area contributed by atoms with Crippen molar-refractivity contribution in [3.8, 4) is 11.5 Å². The van der Waals surface area contributed by atoms with E-state index in [1.54, 1.807) is 31.6 Å². The number of esters is 1. The largest absolute Gasteiger partial charge is 0.493 e. The molecule has 0 aliphatic carbocycles. The normalized spacial score (nSPS) is 14.8. The number of aromatic nitrogens is 2. The van der Waals surface area contributed by atoms with Gasteiger partial charge in [-0.1, -0.05) is 59.3 Å². The number of methoxy groups -OCH3 is 1. The van der Waals surface area contributed by atoms with Crippen LogP contribution in [0.4, 0.5) is 0 Å². The van der Waals surface area contributed by atoms with Crippen molar-refractivity contribution < 1.29 is 19.0 Å². The summed E-state index contributed by atoms with van der Waals surface area (Å²) in [5.41, 5.74) is 5.33. The van der Waals surface area contributed by atoms with Gasteiger partial charge in [0.25, 0.3) is 5.56 Å². The zero-order valence-corrected chi connectivity index (χ0v) is 28.7. The van der Waals surface area contributed by atoms with Gasteiger partial charge in [-0.15, -0.1) is 0 Å². The van der Waals surface area contributed by atoms with E-state index >= 15 is 0 Å². The number of nitrogens with zero attached hydrogens (tertiary/aromatic N) is 3. The molecule has 0 N–H and O–H groups in total. The second kappa shape index (κ2) is 13.3. The molecule has 1 aliphatic heterocycles. The van der Waals surface area contributed by atoms with E-state index in [9.17, 15) is 9.59 Å². The lowest BCUT2D eigenvalue weighted by Gasteiger charge is -2.25. The molecule has 5 aromatic rings. The van der Waals surface area contributed by atoms with Crippen molar-refractivity contribution in [3.63, 3.8) is 0 Å². The molecule has 0 unspecified atom stereocenters. The zero-order chi connectivity index (χ0) is 33.4. The molecule has 10 heteroatoms. The Balaban J connectivity index is 1.54. The molecule has 0 bridgehead atoms. The molecule has 2 aromatic heterocycles. The quantitative estimate of drug-likeness (QED) is 0.166. The number of halogens is 1. The third kappa shape index (κ3) is 6.13. The maximum atomic E-state index is 14.4. The van der Waals surface area contributed by atoms with Crippen molar-refractivity contribution in [2.45, 2.75) is 53.3 Å². The van der Waals surface area contributed by atoms with Crippen LogP contribution in [0.3, 0.4) is 0 Å². The number of fused-ring (bicyclic) bond motifs is 2. The molecular formula is C37H36ClN3O5S. The van der Waals surface area contributed by atoms with Gasteiger partial charge in [-0.25, -0.2) is 9.79 Å². The number of allylic oxidation sites excluding steroid dienone is 1. The van der Waals surface area contributed by atoms with Crippen LogP contribution in [0.5, 0.6) is 11.5 Å². The third-order valence-electron chi connectivity index (χ3n) is 8.17. The van der Waals surface area contributed by atoms with Crippen LogP contribution in [0, 0.1) is 6.92 Å². The Morgan fingerprint density at radius 2 is 1.85 bits per heavy atom. The Kier molecular flexibility index (Phi) is 9.12. The van der Waals surface area contributed by atoms with Crippen LogP contribution in [0.1, 0.15) is 56.1 Å². The van der Waals surface area contributed by atoms with E-state index in [0.717, 1.165) is 27.7 Å². The van der Waals surface area contributed by atoms with Crippen molar-refractivity contribution >= 4 is 45.9 Å². The van der Waals surface area contributed by atoms with Crippen LogP contribution < -0.4 is 24.4 Å². The lowest BCUT2D eigenvalue weighted by atomic mass is 9.95. The number of ether oxygens (including phenoxy) is 3. The van der Waals surface area contributed by atoms with E-state index in [2.05, 4.69) is 29.7 Å². The number of benzene rings is 3. The van der Waals surface area contributed by atoms with Crippen molar-refractivity contribution in [1.82, 2.24) is 9.13 Å². The fourth-order valence-corrected chi connectivity index (χ4v) is 7.35. The van der Waals surface area contributed by atoms with Crippen LogP contribution >= 0.6 is 22.9 Å². The van der Waals surface area contributed by atoms with Gasteiger partial charge in [0.15, 0.2) is 16.3 Å². The van der Waals surface area contributed by atoms with Gasteiger partial charge in [0.1, 0.15) is 0 Å². The molecule has 0 radical (unpaired) electrons. The highest BCUT2D eigenvalue weighted by Crippen LogP contribution is 2.37. The van der Waals surface area contributed by atoms with Crippen molar-refractivity contribution in [2.75, 3.05) is 13.7 Å². The molecular weight excluding hydrogens is 634 g/mol. The average Bonchev–Trinajstić information content (AvgIpc) is 3.48. The molecule has 8 nitrogen and oxygen atoms in total. The molecule has 0 spiro atoms. The number of carbonyl (C=O) groups excluding carboxylic acids is 1. The molecule has 1 atom stereocenters. The van der Waals surface area contributed by atoms with Gasteiger partial charge in [0.2, 0.25) is 0 Å². The summed E-state index contributed by atoms with van der Waals surface area (Å²) in [7, 11) is 1.57. The zero-order valence-electron chi connectivity index (χ0n) is 27.2. The monoisotopic (exact) mass is 669 g/mol. The highest BCUT2D eigenvalue weighted by atomic mass is 35.5. The molecule has 3 aromatic carbocycles. The summed E-state index contributed by atoms with van der Waals surface area (Å²) in [6, 6.07) is 20.7. The summed E-state index contributed by atoms with van der Waals surface area (Å²) in [6.45, 7) is 10.3. The van der Waals surface area contributed by atoms with Gasteiger partial charge in [-0.05, 0) is 82.2 Å². The molecule has 1 aliphatic rings. The second-order valence-corrected chi connectivity index (χ2v) is 13.1. The number of hydrogen-bond donors (Lipinski definition) is 0. The Bertz CT molecular complexity index is 2230. The minimum absolute atomic E-state index is 0.0652. The maximum Gasteiger partial charge on any atom is 0.338 e. The first-order chi connectivity index (χ1) is 22.6. The van der Waals surface area contributed by atoms with E-state index in [1.165, 1.54) is 11.3 Å². The van der Waals surface area contributed by atoms with E-state index in [4.69, 9.17) is 30.8 Å². The Morgan fingerprint density at radius 1 is 1.06 bits per heavy atom. The summed E-state index contributed by atoms with van der Waals surface area (Å²) in [4.78, 5) is 33.1. The highest BCUT2D eigenvalue weighted by molar-refractivity contribution is 7.07. The van der Waals surface area contributed by atoms with Gasteiger partial charge >= 0.3 is 5.97 Å². The van der Waals surface area contributed by atoms with E-state index < -0.39 is 12.0 Å². The van der Waals surface area contributed by atoms with Crippen LogP contribution in [0.15, 0.2) is 87.8 Å². The number of hydrogen-bond acceptors (Lipinski definition) is 7. The molecule has 0 saturated carbocycles. The molecule has 3 heterocycles. The minimum Gasteiger partial charge on any atom is -0.493 e. The minimum atomic E-state index is -0.778. The lowest BCUT2D eigenvalue weighted by molar-refractivity contribution is -0.139. The van der Waals surface area contributed by atoms with Gasteiger partial charge in [-0.2, -0.15) is 0 Å². The molecule has 0 saturated heterocycles. The van der Waals surface area contributed by atoms with Gasteiger partial charge in [0, 0.05) is 33.7 Å². The third-order valence-corrected chi connectivity index (χ3v) is 9.39. The van der Waals surface area contributed by atoms with Crippen molar-refractivity contribution in [2.24, 2.45) is 4.99 Å². The SMILES string of the molecule is CCOC(=O)C1=C(C)N=c2s/c(=C/c3c(C)n(Cc4cccc(Cl)c4)c4ccccc34)c(=O)n2[C@H]1c1ccc(OC(C)C)c(OC)c1. The topological polar surface area (TPSA) is 84.1 Å². The Morgan fingerprint density at radius 3 is 2.57 bits per heavy atom. The average molecular weight is 670 g/mol. The number of carbonyl (C=O) groups is 1. The second-order valence-electron chi connectivity index (χ2n) is 11.6. The van der Waals surface area contributed by atoms with Crippen molar-refractivity contribution in [1.29, 1.82) is 0 Å². The first-order valence-electron chi connectivity index (χ1n) is 15.5. The molecule has 47 heavy (non-hydrogen) atoms. The lowest BCUT2D eigenvalue weighted by Crippen LogP contribution is -2.40. The van der Waals surface area contributed by atoms with Crippen molar-refractivity contribution in [3.05, 3.63) is 125 Å². The Labute approximate surface area is 281 Å². The predicted octanol–water partition coefficient (Wildman–Crippen LogP) is 6.56. The van der Waals surface area contributed by atoms with Gasteiger partial charge in [0.05, 0.1) is 41.7 Å². The molecule has 6 rings (SSSR count). The molecule has 0 amide bonds. The number of thiazole rings is 1. The van der Waals surface area contributed by atoms with E-state index in [0.29, 0.717) is 49.2 Å². The van der Waals surface area contributed by atoms with Crippen LogP contribution in [0.2, 0.25) is 5.02 Å². The van der Waals surface area contributed by atoms with Gasteiger partial charge < -0.3 is 18.8 Å². The summed E-state index contributed by atoms with van der Waals surface area (Å²) >= 11 is 7.60. The summed E-state index contributed by atoms with van der Waals surface area (Å²) in [5.74, 6) is 0.551. The molecule has 242 valence electrons. The van der Waals surface area contributed by atoms with E-state index in [1.807, 2.05) is 62.4 Å². The fraction of sp³-hybridized carbons (Fsp3) is 0.270. The summed E-state index contributed by atoms with van der Waals surface area (Å²) in [5, 5.41) is 1.72. The smallest absolute Gasteiger partial charge is 0.338 e. The predicted molar refractivity (Wildman–Crippen MR) is 186 cm³/mol. The summed E-state index contributed by atoms with van der Waals surface area (Å²) in [6.07, 6.45) is 1.88. The summed E-state index contributed by atoms with van der Waals surface area (Å²) < 4.78 is 21.4.